The van der Waals surface area contributed by atoms with Gasteiger partial charge in [-0.05, 0) is 6.42 Å². The fraction of sp³-hybridized carbons (Fsp3) is 1.00. The molecule has 1 unspecified atom stereocenters. The number of rotatable bonds is 6. The van der Waals surface area contributed by atoms with Gasteiger partial charge in [0, 0.05) is 5.92 Å². The van der Waals surface area contributed by atoms with Crippen LogP contribution in [0.2, 0.25) is 0 Å². The van der Waals surface area contributed by atoms with Crippen LogP contribution in [0.4, 0.5) is 22.0 Å². The largest absolute Gasteiger partial charge is 0.453 e. The highest BCUT2D eigenvalue weighted by Crippen LogP contribution is 2.42. The van der Waals surface area contributed by atoms with Crippen LogP contribution in [-0.4, -0.2) is 12.1 Å². The highest BCUT2D eigenvalue weighted by Gasteiger charge is 2.60. The third-order valence-corrected chi connectivity index (χ3v) is 2.49. The van der Waals surface area contributed by atoms with Crippen LogP contribution in [0.3, 0.4) is 0 Å². The summed E-state index contributed by atoms with van der Waals surface area (Å²) in [4.78, 5) is 0. The zero-order valence-electron chi connectivity index (χ0n) is 9.00. The van der Waals surface area contributed by atoms with Crippen molar-refractivity contribution in [2.45, 2.75) is 58.1 Å². The third-order valence-electron chi connectivity index (χ3n) is 2.49. The van der Waals surface area contributed by atoms with Crippen molar-refractivity contribution < 1.29 is 22.0 Å². The number of unbranched alkanes of at least 4 members (excludes halogenated alkanes) is 3. The Bertz CT molecular complexity index is 173. The van der Waals surface area contributed by atoms with E-state index in [0.29, 0.717) is 6.42 Å². The van der Waals surface area contributed by atoms with Crippen LogP contribution in [0.5, 0.6) is 0 Å². The number of halogens is 5. The minimum Gasteiger partial charge on any atom is -0.196 e. The second-order valence-electron chi connectivity index (χ2n) is 3.87. The third kappa shape index (κ3) is 4.34. The van der Waals surface area contributed by atoms with Gasteiger partial charge in [0.25, 0.3) is 0 Å². The molecule has 0 spiro atoms. The molecule has 0 N–H and O–H groups in total. The maximum Gasteiger partial charge on any atom is 0.453 e. The molecular weight excluding hydrogens is 215 g/mol. The molecular formula is C10H17F5. The molecule has 0 aliphatic rings. The Labute approximate surface area is 86.9 Å². The summed E-state index contributed by atoms with van der Waals surface area (Å²) in [6.07, 6.45) is -2.53. The first-order chi connectivity index (χ1) is 6.73. The highest BCUT2D eigenvalue weighted by molar-refractivity contribution is 4.81. The summed E-state index contributed by atoms with van der Waals surface area (Å²) in [5.41, 5.74) is 0. The van der Waals surface area contributed by atoms with Gasteiger partial charge in [0.2, 0.25) is 0 Å². The van der Waals surface area contributed by atoms with Crippen LogP contribution in [-0.2, 0) is 0 Å². The molecule has 0 saturated carbocycles. The van der Waals surface area contributed by atoms with Crippen molar-refractivity contribution >= 4 is 0 Å². The van der Waals surface area contributed by atoms with E-state index in [9.17, 15) is 22.0 Å². The van der Waals surface area contributed by atoms with E-state index in [1.165, 1.54) is 0 Å². The van der Waals surface area contributed by atoms with Gasteiger partial charge in [-0.1, -0.05) is 39.5 Å². The monoisotopic (exact) mass is 232 g/mol. The average molecular weight is 232 g/mol. The van der Waals surface area contributed by atoms with Gasteiger partial charge in [-0.15, -0.1) is 0 Å². The van der Waals surface area contributed by atoms with Crippen molar-refractivity contribution in [1.82, 2.24) is 0 Å². The minimum absolute atomic E-state index is 0.0769. The van der Waals surface area contributed by atoms with Crippen molar-refractivity contribution in [3.05, 3.63) is 0 Å². The zero-order chi connectivity index (χ0) is 12.1. The standard InChI is InChI=1S/C10H17F5/c1-3-4-5-6-7-8(2)9(11,12)10(13,14)15/h8H,3-7H2,1-2H3. The zero-order valence-corrected chi connectivity index (χ0v) is 9.00. The normalized spacial score (nSPS) is 15.4. The molecule has 0 fully saturated rings. The Hall–Kier alpha value is -0.350. The predicted octanol–water partition coefficient (Wildman–Crippen LogP) is 4.79. The van der Waals surface area contributed by atoms with E-state index in [0.717, 1.165) is 26.2 Å². The van der Waals surface area contributed by atoms with Crippen molar-refractivity contribution in [2.24, 2.45) is 5.92 Å². The van der Waals surface area contributed by atoms with E-state index in [-0.39, 0.29) is 6.42 Å². The van der Waals surface area contributed by atoms with Gasteiger partial charge in [0.1, 0.15) is 0 Å². The highest BCUT2D eigenvalue weighted by atomic mass is 19.4. The molecule has 5 heteroatoms. The Morgan fingerprint density at radius 3 is 1.87 bits per heavy atom. The summed E-state index contributed by atoms with van der Waals surface area (Å²) < 4.78 is 61.1. The molecule has 0 nitrogen and oxygen atoms in total. The van der Waals surface area contributed by atoms with E-state index in [1.54, 1.807) is 0 Å². The quantitative estimate of drug-likeness (QED) is 0.456. The molecule has 0 aromatic rings. The van der Waals surface area contributed by atoms with E-state index in [4.69, 9.17) is 0 Å². The molecule has 0 saturated heterocycles. The lowest BCUT2D eigenvalue weighted by molar-refractivity contribution is -0.301. The molecule has 0 aliphatic heterocycles. The van der Waals surface area contributed by atoms with E-state index in [1.807, 2.05) is 6.92 Å². The Kier molecular flexibility index (Phi) is 5.53. The van der Waals surface area contributed by atoms with E-state index < -0.39 is 18.0 Å². The molecule has 0 aliphatic carbocycles. The fourth-order valence-corrected chi connectivity index (χ4v) is 1.34. The van der Waals surface area contributed by atoms with Crippen molar-refractivity contribution in [1.29, 1.82) is 0 Å². The smallest absolute Gasteiger partial charge is 0.196 e. The average Bonchev–Trinajstić information content (AvgIpc) is 2.10. The second-order valence-corrected chi connectivity index (χ2v) is 3.87. The molecule has 0 aromatic carbocycles. The minimum atomic E-state index is -5.42. The fourth-order valence-electron chi connectivity index (χ4n) is 1.34. The van der Waals surface area contributed by atoms with Crippen LogP contribution < -0.4 is 0 Å². The number of hydrogen-bond donors (Lipinski definition) is 0. The Morgan fingerprint density at radius 2 is 1.47 bits per heavy atom. The van der Waals surface area contributed by atoms with E-state index >= 15 is 0 Å². The van der Waals surface area contributed by atoms with Gasteiger partial charge >= 0.3 is 12.1 Å². The number of alkyl halides is 5. The summed E-state index contributed by atoms with van der Waals surface area (Å²) in [7, 11) is 0. The first-order valence-electron chi connectivity index (χ1n) is 5.18. The van der Waals surface area contributed by atoms with Gasteiger partial charge in [0.05, 0.1) is 0 Å². The van der Waals surface area contributed by atoms with Crippen molar-refractivity contribution in [2.75, 3.05) is 0 Å². The molecule has 15 heavy (non-hydrogen) atoms. The Balaban J connectivity index is 4.03. The van der Waals surface area contributed by atoms with Gasteiger partial charge in [-0.2, -0.15) is 22.0 Å². The van der Waals surface area contributed by atoms with Crippen LogP contribution in [0.1, 0.15) is 46.0 Å². The first-order valence-corrected chi connectivity index (χ1v) is 5.18. The maximum atomic E-state index is 12.7. The molecule has 0 rings (SSSR count). The van der Waals surface area contributed by atoms with Crippen LogP contribution in [0.15, 0.2) is 0 Å². The second kappa shape index (κ2) is 5.66. The van der Waals surface area contributed by atoms with Gasteiger partial charge in [-0.25, -0.2) is 0 Å². The summed E-state index contributed by atoms with van der Waals surface area (Å²) in [5.74, 6) is -6.19. The van der Waals surface area contributed by atoms with Crippen LogP contribution in [0.25, 0.3) is 0 Å². The number of hydrogen-bond acceptors (Lipinski definition) is 0. The Morgan fingerprint density at radius 1 is 0.933 bits per heavy atom. The lowest BCUT2D eigenvalue weighted by atomic mass is 9.96. The van der Waals surface area contributed by atoms with Crippen molar-refractivity contribution in [3.8, 4) is 0 Å². The molecule has 92 valence electrons. The predicted molar refractivity (Wildman–Crippen MR) is 48.9 cm³/mol. The van der Waals surface area contributed by atoms with Crippen LogP contribution >= 0.6 is 0 Å². The lowest BCUT2D eigenvalue weighted by Gasteiger charge is -2.25. The topological polar surface area (TPSA) is 0 Å². The first kappa shape index (κ1) is 14.6. The molecule has 1 atom stereocenters. The molecule has 0 aromatic heterocycles. The van der Waals surface area contributed by atoms with Crippen molar-refractivity contribution in [3.63, 3.8) is 0 Å². The molecule has 0 amide bonds. The van der Waals surface area contributed by atoms with Gasteiger partial charge in [-0.3, -0.25) is 0 Å². The summed E-state index contributed by atoms with van der Waals surface area (Å²) in [6, 6.07) is 0. The summed E-state index contributed by atoms with van der Waals surface area (Å²) >= 11 is 0. The maximum absolute atomic E-state index is 12.7. The van der Waals surface area contributed by atoms with Crippen LogP contribution in [0, 0.1) is 5.92 Å². The molecule has 0 heterocycles. The van der Waals surface area contributed by atoms with E-state index in [2.05, 4.69) is 0 Å². The summed E-state index contributed by atoms with van der Waals surface area (Å²) in [5, 5.41) is 0. The van der Waals surface area contributed by atoms with Gasteiger partial charge < -0.3 is 0 Å². The molecule has 0 bridgehead atoms. The van der Waals surface area contributed by atoms with Gasteiger partial charge in [0.15, 0.2) is 0 Å². The lowest BCUT2D eigenvalue weighted by Crippen LogP contribution is -2.42. The SMILES string of the molecule is CCCCCCC(C)C(F)(F)C(F)(F)F. The molecule has 0 radical (unpaired) electrons. The summed E-state index contributed by atoms with van der Waals surface area (Å²) in [6.45, 7) is 2.91.